The average molecular weight is 401 g/mol. The number of azo groups is 1. The zero-order valence-corrected chi connectivity index (χ0v) is 15.8. The predicted molar refractivity (Wildman–Crippen MR) is 105 cm³/mol. The second-order valence-electron chi connectivity index (χ2n) is 6.06. The van der Waals surface area contributed by atoms with E-state index in [1.807, 2.05) is 12.1 Å². The Morgan fingerprint density at radius 2 is 1.68 bits per heavy atom. The maximum Gasteiger partial charge on any atom is 0.242 e. The van der Waals surface area contributed by atoms with Crippen LogP contribution in [0.25, 0.3) is 10.8 Å². The molecule has 0 saturated carbocycles. The van der Waals surface area contributed by atoms with Crippen molar-refractivity contribution in [3.05, 3.63) is 54.6 Å². The number of fused-ring (bicyclic) bond motifs is 1. The molecule has 0 aliphatic heterocycles. The Kier molecular flexibility index (Phi) is 5.59. The molecule has 0 fully saturated rings. The molecule has 0 bridgehead atoms. The van der Waals surface area contributed by atoms with Gasteiger partial charge in [-0.05, 0) is 29.7 Å². The summed E-state index contributed by atoms with van der Waals surface area (Å²) in [5, 5.41) is 38.6. The van der Waals surface area contributed by atoms with Gasteiger partial charge in [-0.1, -0.05) is 30.3 Å². The number of aliphatic hydroxyl groups excluding tert-OH is 1. The van der Waals surface area contributed by atoms with Crippen molar-refractivity contribution in [1.29, 1.82) is 0 Å². The molecule has 0 aromatic heterocycles. The summed E-state index contributed by atoms with van der Waals surface area (Å²) in [5.74, 6) is -0.347. The van der Waals surface area contributed by atoms with Crippen molar-refractivity contribution in [2.75, 3.05) is 20.2 Å². The Bertz CT molecular complexity index is 1150. The number of hydrogen-bond acceptors (Lipinski definition) is 7. The molecular weight excluding hydrogens is 382 g/mol. The van der Waals surface area contributed by atoms with Gasteiger partial charge < -0.3 is 15.3 Å². The number of aromatic hydroxyl groups is 2. The van der Waals surface area contributed by atoms with E-state index in [0.717, 1.165) is 9.69 Å². The molecule has 9 heteroatoms. The van der Waals surface area contributed by atoms with Gasteiger partial charge in [-0.2, -0.15) is 4.31 Å². The van der Waals surface area contributed by atoms with Crippen LogP contribution in [0.2, 0.25) is 0 Å². The summed E-state index contributed by atoms with van der Waals surface area (Å²) in [5.41, 5.74) is 0.147. The van der Waals surface area contributed by atoms with Crippen LogP contribution in [0.3, 0.4) is 0 Å². The first-order valence-electron chi connectivity index (χ1n) is 8.37. The number of phenols is 2. The van der Waals surface area contributed by atoms with E-state index < -0.39 is 10.0 Å². The summed E-state index contributed by atoms with van der Waals surface area (Å²) >= 11 is 0. The zero-order chi connectivity index (χ0) is 20.3. The van der Waals surface area contributed by atoms with Crippen LogP contribution in [0.15, 0.2) is 69.7 Å². The molecule has 0 aliphatic rings. The molecule has 28 heavy (non-hydrogen) atoms. The highest BCUT2D eigenvalue weighted by atomic mass is 32.2. The first kappa shape index (κ1) is 19.7. The average Bonchev–Trinajstić information content (AvgIpc) is 2.68. The molecule has 0 radical (unpaired) electrons. The van der Waals surface area contributed by atoms with Gasteiger partial charge >= 0.3 is 0 Å². The number of benzene rings is 3. The van der Waals surface area contributed by atoms with Crippen LogP contribution in [-0.4, -0.2) is 48.2 Å². The van der Waals surface area contributed by atoms with Crippen molar-refractivity contribution in [3.8, 4) is 11.5 Å². The van der Waals surface area contributed by atoms with E-state index in [9.17, 15) is 18.6 Å². The first-order valence-corrected chi connectivity index (χ1v) is 9.81. The quantitative estimate of drug-likeness (QED) is 0.547. The lowest BCUT2D eigenvalue weighted by Crippen LogP contribution is -2.29. The third-order valence-corrected chi connectivity index (χ3v) is 6.06. The molecule has 3 N–H and O–H groups in total. The molecule has 3 aromatic rings. The summed E-state index contributed by atoms with van der Waals surface area (Å²) in [6.45, 7) is -0.384. The lowest BCUT2D eigenvalue weighted by molar-refractivity contribution is 0.266. The summed E-state index contributed by atoms with van der Waals surface area (Å²) in [7, 11) is -2.51. The van der Waals surface area contributed by atoms with Gasteiger partial charge in [0, 0.05) is 19.0 Å². The van der Waals surface area contributed by atoms with Gasteiger partial charge in [0.25, 0.3) is 0 Å². The normalized spacial score (nSPS) is 12.2. The maximum atomic E-state index is 12.5. The highest BCUT2D eigenvalue weighted by molar-refractivity contribution is 7.89. The van der Waals surface area contributed by atoms with Crippen molar-refractivity contribution in [2.24, 2.45) is 10.2 Å². The van der Waals surface area contributed by atoms with E-state index in [1.165, 1.54) is 31.3 Å². The van der Waals surface area contributed by atoms with E-state index in [0.29, 0.717) is 5.39 Å². The van der Waals surface area contributed by atoms with Gasteiger partial charge in [0.2, 0.25) is 10.0 Å². The fraction of sp³-hybridized carbons (Fsp3) is 0.158. The molecule has 0 saturated heterocycles. The van der Waals surface area contributed by atoms with Gasteiger partial charge in [-0.3, -0.25) is 0 Å². The number of rotatable bonds is 6. The van der Waals surface area contributed by atoms with E-state index in [-0.39, 0.29) is 40.9 Å². The smallest absolute Gasteiger partial charge is 0.242 e. The molecule has 0 amide bonds. The van der Waals surface area contributed by atoms with Gasteiger partial charge in [0.15, 0.2) is 0 Å². The second-order valence-corrected chi connectivity index (χ2v) is 8.10. The molecule has 0 atom stereocenters. The van der Waals surface area contributed by atoms with Crippen molar-refractivity contribution in [2.45, 2.75) is 4.90 Å². The Hall–Kier alpha value is -3.01. The number of nitrogens with zero attached hydrogens (tertiary/aromatic N) is 3. The molecule has 0 spiro atoms. The second kappa shape index (κ2) is 7.93. The van der Waals surface area contributed by atoms with Crippen LogP contribution in [0.4, 0.5) is 11.4 Å². The summed E-state index contributed by atoms with van der Waals surface area (Å²) < 4.78 is 26.0. The molecule has 3 rings (SSSR count). The van der Waals surface area contributed by atoms with E-state index >= 15 is 0 Å². The number of phenolic OH excluding ortho intramolecular Hbond substituents is 2. The molecule has 0 unspecified atom stereocenters. The van der Waals surface area contributed by atoms with Gasteiger partial charge in [0.05, 0.1) is 11.5 Å². The maximum absolute atomic E-state index is 12.5. The molecular formula is C19H19N3O5S. The van der Waals surface area contributed by atoms with E-state index in [4.69, 9.17) is 5.11 Å². The first-order chi connectivity index (χ1) is 13.3. The standard InChI is InChI=1S/C19H19N3O5S/c1-22(10-11-23)28(26,27)14-7-9-17(24)16(12-14)20-21-19-15-5-3-2-4-13(15)6-8-18(19)25/h2-9,12,23-25H,10-11H2,1H3. The number of sulfonamides is 1. The fourth-order valence-corrected chi connectivity index (χ4v) is 3.82. The monoisotopic (exact) mass is 401 g/mol. The topological polar surface area (TPSA) is 123 Å². The van der Waals surface area contributed by atoms with Gasteiger partial charge in [-0.15, -0.1) is 10.2 Å². The molecule has 0 aliphatic carbocycles. The Morgan fingerprint density at radius 1 is 0.964 bits per heavy atom. The highest BCUT2D eigenvalue weighted by Crippen LogP contribution is 2.37. The number of likely N-dealkylation sites (N-methyl/N-ethyl adjacent to an activating group) is 1. The fourth-order valence-electron chi connectivity index (χ4n) is 2.64. The predicted octanol–water partition coefficient (Wildman–Crippen LogP) is 3.28. The summed E-state index contributed by atoms with van der Waals surface area (Å²) in [4.78, 5) is -0.0997. The van der Waals surface area contributed by atoms with Crippen molar-refractivity contribution < 1.29 is 23.7 Å². The van der Waals surface area contributed by atoms with Crippen LogP contribution < -0.4 is 0 Å². The van der Waals surface area contributed by atoms with Crippen LogP contribution in [0, 0.1) is 0 Å². The van der Waals surface area contributed by atoms with Crippen LogP contribution in [-0.2, 0) is 10.0 Å². The van der Waals surface area contributed by atoms with Crippen molar-refractivity contribution in [3.63, 3.8) is 0 Å². The largest absolute Gasteiger partial charge is 0.506 e. The van der Waals surface area contributed by atoms with E-state index in [2.05, 4.69) is 10.2 Å². The number of aliphatic hydroxyl groups is 1. The minimum atomic E-state index is -3.86. The highest BCUT2D eigenvalue weighted by Gasteiger charge is 2.21. The van der Waals surface area contributed by atoms with Crippen LogP contribution in [0.1, 0.15) is 0 Å². The van der Waals surface area contributed by atoms with Crippen LogP contribution >= 0.6 is 0 Å². The SMILES string of the molecule is CN(CCO)S(=O)(=O)c1ccc(O)c(N=Nc2c(O)ccc3ccccc23)c1. The van der Waals surface area contributed by atoms with E-state index in [1.54, 1.807) is 18.2 Å². The lowest BCUT2D eigenvalue weighted by Gasteiger charge is -2.16. The van der Waals surface area contributed by atoms with Crippen molar-refractivity contribution >= 4 is 32.2 Å². The zero-order valence-electron chi connectivity index (χ0n) is 15.0. The molecule has 8 nitrogen and oxygen atoms in total. The summed E-state index contributed by atoms with van der Waals surface area (Å²) in [6.07, 6.45) is 0. The van der Waals surface area contributed by atoms with Gasteiger partial charge in [-0.25, -0.2) is 8.42 Å². The Labute approximate surface area is 162 Å². The Morgan fingerprint density at radius 3 is 2.43 bits per heavy atom. The minimum Gasteiger partial charge on any atom is -0.506 e. The Balaban J connectivity index is 2.03. The van der Waals surface area contributed by atoms with Gasteiger partial charge in [0.1, 0.15) is 22.9 Å². The number of hydrogen-bond donors (Lipinski definition) is 3. The summed E-state index contributed by atoms with van der Waals surface area (Å²) in [6, 6.07) is 14.1. The third-order valence-electron chi connectivity index (χ3n) is 4.21. The lowest BCUT2D eigenvalue weighted by atomic mass is 10.1. The van der Waals surface area contributed by atoms with Crippen molar-refractivity contribution in [1.82, 2.24) is 4.31 Å². The minimum absolute atomic E-state index is 0.0641. The van der Waals surface area contributed by atoms with Crippen LogP contribution in [0.5, 0.6) is 11.5 Å². The molecule has 0 heterocycles. The third kappa shape index (κ3) is 3.81. The molecule has 3 aromatic carbocycles. The molecule has 146 valence electrons.